The smallest absolute Gasteiger partial charge is 0.182 e. The van der Waals surface area contributed by atoms with Crippen LogP contribution in [0, 0.1) is 28.1 Å². The highest BCUT2D eigenvalue weighted by Crippen LogP contribution is 2.63. The van der Waals surface area contributed by atoms with Crippen LogP contribution in [0.3, 0.4) is 0 Å². The average Bonchev–Trinajstić information content (AvgIpc) is 2.86. The van der Waals surface area contributed by atoms with Gasteiger partial charge in [-0.05, 0) is 36.0 Å². The first-order valence-corrected chi connectivity index (χ1v) is 6.95. The van der Waals surface area contributed by atoms with Gasteiger partial charge in [-0.1, -0.05) is 20.8 Å². The van der Waals surface area contributed by atoms with Crippen LogP contribution in [0.5, 0.6) is 0 Å². The summed E-state index contributed by atoms with van der Waals surface area (Å²) in [7, 11) is 0. The molecule has 1 aromatic rings. The highest BCUT2D eigenvalue weighted by atomic mass is 15.1. The van der Waals surface area contributed by atoms with E-state index >= 15 is 0 Å². The maximum Gasteiger partial charge on any atom is 0.182 e. The molecule has 0 spiro atoms. The maximum atomic E-state index is 9.13. The van der Waals surface area contributed by atoms with E-state index in [4.69, 9.17) is 5.26 Å². The summed E-state index contributed by atoms with van der Waals surface area (Å²) < 4.78 is 0. The molecule has 2 fully saturated rings. The lowest BCUT2D eigenvalue weighted by Gasteiger charge is -2.43. The fourth-order valence-electron chi connectivity index (χ4n) is 4.32. The molecule has 4 heteroatoms. The molecular weight excluding hydrogens is 236 g/mol. The van der Waals surface area contributed by atoms with Gasteiger partial charge in [-0.15, -0.1) is 0 Å². The summed E-state index contributed by atoms with van der Waals surface area (Å²) in [5.41, 5.74) is 0.958. The first-order valence-electron chi connectivity index (χ1n) is 6.95. The van der Waals surface area contributed by atoms with Crippen molar-refractivity contribution < 1.29 is 0 Å². The van der Waals surface area contributed by atoms with Crippen LogP contribution in [0.25, 0.3) is 0 Å². The second-order valence-electron chi connectivity index (χ2n) is 6.86. The van der Waals surface area contributed by atoms with Crippen LogP contribution in [0.1, 0.15) is 45.7 Å². The van der Waals surface area contributed by atoms with Crippen molar-refractivity contribution in [1.82, 2.24) is 9.97 Å². The van der Waals surface area contributed by atoms with E-state index in [1.165, 1.54) is 19.3 Å². The number of aromatic nitrogens is 2. The van der Waals surface area contributed by atoms with Gasteiger partial charge in [0.2, 0.25) is 0 Å². The molecule has 0 aromatic carbocycles. The molecule has 3 rings (SSSR count). The summed E-state index contributed by atoms with van der Waals surface area (Å²) in [6.45, 7) is 7.03. The lowest BCUT2D eigenvalue weighted by molar-refractivity contribution is 0.155. The van der Waals surface area contributed by atoms with Crippen LogP contribution >= 0.6 is 0 Å². The SMILES string of the molecule is CC12CCC(C1)C(C)(C)C2Nc1nccnc1C#N. The number of hydrogen-bond acceptors (Lipinski definition) is 4. The van der Waals surface area contributed by atoms with Gasteiger partial charge in [0.05, 0.1) is 0 Å². The summed E-state index contributed by atoms with van der Waals surface area (Å²) >= 11 is 0. The Morgan fingerprint density at radius 3 is 2.68 bits per heavy atom. The van der Waals surface area contributed by atoms with Gasteiger partial charge in [0.25, 0.3) is 0 Å². The zero-order valence-electron chi connectivity index (χ0n) is 11.8. The Labute approximate surface area is 114 Å². The monoisotopic (exact) mass is 256 g/mol. The number of fused-ring (bicyclic) bond motifs is 2. The minimum absolute atomic E-state index is 0.247. The molecule has 2 aliphatic carbocycles. The zero-order valence-corrected chi connectivity index (χ0v) is 11.8. The summed E-state index contributed by atoms with van der Waals surface area (Å²) in [4.78, 5) is 8.38. The van der Waals surface area contributed by atoms with Crippen molar-refractivity contribution in [1.29, 1.82) is 5.26 Å². The minimum atomic E-state index is 0.247. The Balaban J connectivity index is 1.93. The first-order chi connectivity index (χ1) is 8.97. The van der Waals surface area contributed by atoms with Crippen molar-refractivity contribution >= 4 is 5.82 Å². The van der Waals surface area contributed by atoms with Gasteiger partial charge in [0.15, 0.2) is 11.5 Å². The fourth-order valence-corrected chi connectivity index (χ4v) is 4.32. The Hall–Kier alpha value is -1.63. The van der Waals surface area contributed by atoms with Crippen molar-refractivity contribution in [3.8, 4) is 6.07 Å². The maximum absolute atomic E-state index is 9.13. The zero-order chi connectivity index (χ0) is 13.7. The topological polar surface area (TPSA) is 61.6 Å². The molecule has 2 saturated carbocycles. The number of hydrogen-bond donors (Lipinski definition) is 1. The lowest BCUT2D eigenvalue weighted by atomic mass is 9.68. The average molecular weight is 256 g/mol. The second-order valence-corrected chi connectivity index (χ2v) is 6.86. The van der Waals surface area contributed by atoms with Crippen LogP contribution in [-0.4, -0.2) is 16.0 Å². The molecule has 4 nitrogen and oxygen atoms in total. The number of nitrogens with zero attached hydrogens (tertiary/aromatic N) is 3. The van der Waals surface area contributed by atoms with Gasteiger partial charge in [-0.25, -0.2) is 9.97 Å². The fraction of sp³-hybridized carbons (Fsp3) is 0.667. The van der Waals surface area contributed by atoms with Crippen molar-refractivity contribution in [2.45, 2.75) is 46.1 Å². The molecule has 1 N–H and O–H groups in total. The van der Waals surface area contributed by atoms with E-state index in [9.17, 15) is 0 Å². The molecule has 3 atom stereocenters. The van der Waals surface area contributed by atoms with Gasteiger partial charge < -0.3 is 5.32 Å². The lowest BCUT2D eigenvalue weighted by Crippen LogP contribution is -2.46. The van der Waals surface area contributed by atoms with E-state index < -0.39 is 0 Å². The molecule has 2 aliphatic rings. The summed E-state index contributed by atoms with van der Waals surface area (Å²) in [5, 5.41) is 12.7. The quantitative estimate of drug-likeness (QED) is 0.883. The van der Waals surface area contributed by atoms with Crippen molar-refractivity contribution in [3.63, 3.8) is 0 Å². The highest BCUT2D eigenvalue weighted by molar-refractivity contribution is 5.48. The summed E-state index contributed by atoms with van der Waals surface area (Å²) in [6, 6.07) is 2.48. The van der Waals surface area contributed by atoms with E-state index in [0.29, 0.717) is 23.0 Å². The van der Waals surface area contributed by atoms with E-state index in [1.807, 2.05) is 0 Å². The molecule has 19 heavy (non-hydrogen) atoms. The molecule has 1 heterocycles. The van der Waals surface area contributed by atoms with E-state index in [1.54, 1.807) is 12.4 Å². The van der Waals surface area contributed by atoms with E-state index in [0.717, 1.165) is 5.92 Å². The van der Waals surface area contributed by atoms with Crippen LogP contribution in [0.15, 0.2) is 12.4 Å². The standard InChI is InChI=1S/C15H20N4/c1-14(2)10-4-5-15(3,8-10)13(14)19-12-11(9-16)17-6-7-18-12/h6-7,10,13H,4-5,8H2,1-3H3,(H,18,19). The predicted molar refractivity (Wildman–Crippen MR) is 73.4 cm³/mol. The Morgan fingerprint density at radius 1 is 1.32 bits per heavy atom. The largest absolute Gasteiger partial charge is 0.364 e. The van der Waals surface area contributed by atoms with Gasteiger partial charge in [-0.2, -0.15) is 5.26 Å². The number of nitrogens with one attached hydrogen (secondary N) is 1. The highest BCUT2D eigenvalue weighted by Gasteiger charge is 2.59. The van der Waals surface area contributed by atoms with Crippen molar-refractivity contribution in [3.05, 3.63) is 18.1 Å². The summed E-state index contributed by atoms with van der Waals surface area (Å²) in [5.74, 6) is 1.41. The molecule has 100 valence electrons. The minimum Gasteiger partial charge on any atom is -0.364 e. The normalized spacial score (nSPS) is 35.1. The Kier molecular flexibility index (Phi) is 2.57. The third-order valence-corrected chi connectivity index (χ3v) is 5.35. The van der Waals surface area contributed by atoms with Gasteiger partial charge in [0, 0.05) is 18.4 Å². The van der Waals surface area contributed by atoms with Gasteiger partial charge in [-0.3, -0.25) is 0 Å². The third-order valence-electron chi connectivity index (χ3n) is 5.35. The Morgan fingerprint density at radius 2 is 2.05 bits per heavy atom. The van der Waals surface area contributed by atoms with Crippen LogP contribution in [0.2, 0.25) is 0 Å². The third kappa shape index (κ3) is 1.72. The van der Waals surface area contributed by atoms with Gasteiger partial charge in [0.1, 0.15) is 6.07 Å². The molecule has 0 amide bonds. The molecular formula is C15H20N4. The molecule has 0 saturated heterocycles. The van der Waals surface area contributed by atoms with Crippen LogP contribution in [0.4, 0.5) is 5.82 Å². The second kappa shape index (κ2) is 3.93. The number of rotatable bonds is 2. The molecule has 0 radical (unpaired) electrons. The Bertz CT molecular complexity index is 541. The molecule has 3 unspecified atom stereocenters. The van der Waals surface area contributed by atoms with Crippen molar-refractivity contribution in [2.75, 3.05) is 5.32 Å². The molecule has 1 aromatic heterocycles. The molecule has 0 aliphatic heterocycles. The summed E-state index contributed by atoms with van der Waals surface area (Å²) in [6.07, 6.45) is 7.08. The van der Waals surface area contributed by atoms with Crippen LogP contribution < -0.4 is 5.32 Å². The molecule has 2 bridgehead atoms. The van der Waals surface area contributed by atoms with Crippen molar-refractivity contribution in [2.24, 2.45) is 16.7 Å². The van der Waals surface area contributed by atoms with Gasteiger partial charge >= 0.3 is 0 Å². The first kappa shape index (κ1) is 12.4. The van der Waals surface area contributed by atoms with E-state index in [-0.39, 0.29) is 5.41 Å². The number of nitriles is 1. The number of anilines is 1. The predicted octanol–water partition coefficient (Wildman–Crippen LogP) is 2.97. The van der Waals surface area contributed by atoms with E-state index in [2.05, 4.69) is 42.1 Å². The van der Waals surface area contributed by atoms with Crippen LogP contribution in [-0.2, 0) is 0 Å².